The average molecular weight is 323 g/mol. The van der Waals surface area contributed by atoms with Crippen molar-refractivity contribution in [2.75, 3.05) is 11.4 Å². The number of rotatable bonds is 1. The van der Waals surface area contributed by atoms with E-state index in [-0.39, 0.29) is 11.2 Å². The monoisotopic (exact) mass is 322 g/mol. The van der Waals surface area contributed by atoms with Crippen LogP contribution in [0, 0.1) is 0 Å². The summed E-state index contributed by atoms with van der Waals surface area (Å²) in [6.45, 7) is 0.660. The van der Waals surface area contributed by atoms with E-state index in [0.29, 0.717) is 13.0 Å². The summed E-state index contributed by atoms with van der Waals surface area (Å²) in [5.41, 5.74) is 1.81. The summed E-state index contributed by atoms with van der Waals surface area (Å²) in [7, 11) is 0. The standard InChI is InChI=1S/C13H11BrN2OS/c14-8-1-2-11-10(5-8)12(3-4-15-11)16-7-9(18)6-13(16)17/h1-5,9,18H,6-7H2. The van der Waals surface area contributed by atoms with E-state index in [9.17, 15) is 4.79 Å². The average Bonchev–Trinajstić information content (AvgIpc) is 2.67. The molecule has 1 unspecified atom stereocenters. The van der Waals surface area contributed by atoms with Crippen LogP contribution in [-0.4, -0.2) is 22.7 Å². The van der Waals surface area contributed by atoms with Gasteiger partial charge in [-0.05, 0) is 24.3 Å². The van der Waals surface area contributed by atoms with Crippen LogP contribution in [0.25, 0.3) is 10.9 Å². The molecule has 1 aromatic heterocycles. The number of hydrogen-bond donors (Lipinski definition) is 1. The number of hydrogen-bond acceptors (Lipinski definition) is 3. The van der Waals surface area contributed by atoms with E-state index in [4.69, 9.17) is 0 Å². The lowest BCUT2D eigenvalue weighted by Gasteiger charge is -2.18. The Balaban J connectivity index is 2.17. The molecule has 0 bridgehead atoms. The van der Waals surface area contributed by atoms with Crippen LogP contribution in [0.3, 0.4) is 0 Å². The number of fused-ring (bicyclic) bond motifs is 1. The number of aromatic nitrogens is 1. The Kier molecular flexibility index (Phi) is 3.03. The maximum absolute atomic E-state index is 12.0. The summed E-state index contributed by atoms with van der Waals surface area (Å²) in [5.74, 6) is 0.127. The highest BCUT2D eigenvalue weighted by Crippen LogP contribution is 2.31. The molecule has 1 aliphatic heterocycles. The molecule has 1 fully saturated rings. The van der Waals surface area contributed by atoms with Crippen LogP contribution in [-0.2, 0) is 4.79 Å². The van der Waals surface area contributed by atoms with Crippen molar-refractivity contribution >= 4 is 51.1 Å². The largest absolute Gasteiger partial charge is 0.311 e. The van der Waals surface area contributed by atoms with Crippen molar-refractivity contribution in [2.24, 2.45) is 0 Å². The van der Waals surface area contributed by atoms with Crippen LogP contribution in [0.4, 0.5) is 5.69 Å². The number of halogens is 1. The van der Waals surface area contributed by atoms with Crippen LogP contribution in [0.2, 0.25) is 0 Å². The molecule has 0 spiro atoms. The van der Waals surface area contributed by atoms with Gasteiger partial charge in [0.25, 0.3) is 0 Å². The molecule has 1 saturated heterocycles. The van der Waals surface area contributed by atoms with Crippen molar-refractivity contribution in [1.82, 2.24) is 4.98 Å². The molecule has 1 aromatic carbocycles. The highest BCUT2D eigenvalue weighted by molar-refractivity contribution is 9.10. The minimum atomic E-state index is 0.118. The molecule has 92 valence electrons. The van der Waals surface area contributed by atoms with Crippen molar-refractivity contribution in [1.29, 1.82) is 0 Å². The maximum atomic E-state index is 12.0. The lowest BCUT2D eigenvalue weighted by Crippen LogP contribution is -2.24. The van der Waals surface area contributed by atoms with Crippen LogP contribution in [0.5, 0.6) is 0 Å². The van der Waals surface area contributed by atoms with Crippen molar-refractivity contribution in [2.45, 2.75) is 11.7 Å². The van der Waals surface area contributed by atoms with Gasteiger partial charge in [-0.2, -0.15) is 12.6 Å². The Morgan fingerprint density at radius 1 is 1.39 bits per heavy atom. The number of pyridine rings is 1. The van der Waals surface area contributed by atoms with E-state index in [2.05, 4.69) is 33.5 Å². The summed E-state index contributed by atoms with van der Waals surface area (Å²) in [6, 6.07) is 7.78. The lowest BCUT2D eigenvalue weighted by molar-refractivity contribution is -0.117. The number of carbonyl (C=O) groups excluding carboxylic acids is 1. The number of anilines is 1. The first-order chi connectivity index (χ1) is 8.65. The summed E-state index contributed by atoms with van der Waals surface area (Å²) >= 11 is 7.84. The Labute approximate surface area is 119 Å². The fourth-order valence-corrected chi connectivity index (χ4v) is 2.94. The van der Waals surface area contributed by atoms with Gasteiger partial charge < -0.3 is 4.90 Å². The highest BCUT2D eigenvalue weighted by atomic mass is 79.9. The van der Waals surface area contributed by atoms with E-state index in [1.165, 1.54) is 0 Å². The molecule has 5 heteroatoms. The molecule has 0 saturated carbocycles. The van der Waals surface area contributed by atoms with Crippen molar-refractivity contribution in [3.8, 4) is 0 Å². The summed E-state index contributed by atoms with van der Waals surface area (Å²) in [6.07, 6.45) is 2.24. The normalized spacial score (nSPS) is 19.8. The van der Waals surface area contributed by atoms with Crippen LogP contribution >= 0.6 is 28.6 Å². The van der Waals surface area contributed by atoms with Crippen molar-refractivity contribution in [3.05, 3.63) is 34.9 Å². The van der Waals surface area contributed by atoms with Gasteiger partial charge in [0.15, 0.2) is 0 Å². The minimum absolute atomic E-state index is 0.118. The van der Waals surface area contributed by atoms with Gasteiger partial charge in [0, 0.05) is 34.3 Å². The summed E-state index contributed by atoms with van der Waals surface area (Å²) < 4.78 is 0.985. The van der Waals surface area contributed by atoms with Crippen LogP contribution < -0.4 is 4.90 Å². The predicted molar refractivity (Wildman–Crippen MR) is 79.2 cm³/mol. The van der Waals surface area contributed by atoms with E-state index in [0.717, 1.165) is 21.1 Å². The van der Waals surface area contributed by atoms with Gasteiger partial charge in [0.2, 0.25) is 5.91 Å². The highest BCUT2D eigenvalue weighted by Gasteiger charge is 2.29. The maximum Gasteiger partial charge on any atom is 0.228 e. The zero-order chi connectivity index (χ0) is 12.7. The van der Waals surface area contributed by atoms with E-state index in [1.807, 2.05) is 24.3 Å². The van der Waals surface area contributed by atoms with Crippen LogP contribution in [0.1, 0.15) is 6.42 Å². The second-order valence-corrected chi connectivity index (χ2v) is 6.00. The first-order valence-electron chi connectivity index (χ1n) is 5.68. The predicted octanol–water partition coefficient (Wildman–Crippen LogP) is 3.03. The molecular formula is C13H11BrN2OS. The van der Waals surface area contributed by atoms with Gasteiger partial charge in [0.05, 0.1) is 11.2 Å². The third-order valence-corrected chi connectivity index (χ3v) is 3.92. The molecule has 2 heterocycles. The molecule has 18 heavy (non-hydrogen) atoms. The number of benzene rings is 1. The number of amides is 1. The molecule has 3 nitrogen and oxygen atoms in total. The van der Waals surface area contributed by atoms with Crippen molar-refractivity contribution in [3.63, 3.8) is 0 Å². The summed E-state index contributed by atoms with van der Waals surface area (Å²) in [4.78, 5) is 18.1. The number of thiol groups is 1. The Morgan fingerprint density at radius 2 is 2.22 bits per heavy atom. The molecule has 0 aliphatic carbocycles. The molecule has 1 amide bonds. The lowest BCUT2D eigenvalue weighted by atomic mass is 10.2. The molecular weight excluding hydrogens is 312 g/mol. The number of nitrogens with zero attached hydrogens (tertiary/aromatic N) is 2. The third kappa shape index (κ3) is 2.01. The van der Waals surface area contributed by atoms with E-state index >= 15 is 0 Å². The fourth-order valence-electron chi connectivity index (χ4n) is 2.26. The number of carbonyl (C=O) groups is 1. The quantitative estimate of drug-likeness (QED) is 0.819. The van der Waals surface area contributed by atoms with Crippen LogP contribution in [0.15, 0.2) is 34.9 Å². The van der Waals surface area contributed by atoms with Gasteiger partial charge in [-0.1, -0.05) is 15.9 Å². The zero-order valence-electron chi connectivity index (χ0n) is 9.51. The van der Waals surface area contributed by atoms with Gasteiger partial charge in [-0.3, -0.25) is 9.78 Å². The summed E-state index contributed by atoms with van der Waals surface area (Å²) in [5, 5.41) is 1.11. The van der Waals surface area contributed by atoms with Crippen molar-refractivity contribution < 1.29 is 4.79 Å². The van der Waals surface area contributed by atoms with E-state index < -0.39 is 0 Å². The Bertz CT molecular complexity index is 631. The van der Waals surface area contributed by atoms with Gasteiger partial charge in [-0.25, -0.2) is 0 Å². The second-order valence-electron chi connectivity index (χ2n) is 4.35. The Hall–Kier alpha value is -1.07. The second kappa shape index (κ2) is 4.55. The molecule has 2 aromatic rings. The first kappa shape index (κ1) is 12.0. The molecule has 1 aliphatic rings. The topological polar surface area (TPSA) is 33.2 Å². The first-order valence-corrected chi connectivity index (χ1v) is 6.99. The smallest absolute Gasteiger partial charge is 0.228 e. The Morgan fingerprint density at radius 3 is 2.94 bits per heavy atom. The molecule has 1 atom stereocenters. The molecule has 0 N–H and O–H groups in total. The molecule has 0 radical (unpaired) electrons. The van der Waals surface area contributed by atoms with E-state index in [1.54, 1.807) is 11.1 Å². The van der Waals surface area contributed by atoms with Gasteiger partial charge in [-0.15, -0.1) is 0 Å². The minimum Gasteiger partial charge on any atom is -0.311 e. The molecule has 3 rings (SSSR count). The fraction of sp³-hybridized carbons (Fsp3) is 0.231. The van der Waals surface area contributed by atoms with Gasteiger partial charge >= 0.3 is 0 Å². The third-order valence-electron chi connectivity index (χ3n) is 3.08. The SMILES string of the molecule is O=C1CC(S)CN1c1ccnc2ccc(Br)cc12. The van der Waals surface area contributed by atoms with Gasteiger partial charge in [0.1, 0.15) is 0 Å². The zero-order valence-corrected chi connectivity index (χ0v) is 12.0.